The van der Waals surface area contributed by atoms with Gasteiger partial charge in [0.25, 0.3) is 0 Å². The lowest BCUT2D eigenvalue weighted by molar-refractivity contribution is -0.178. The fourth-order valence-corrected chi connectivity index (χ4v) is 4.44. The van der Waals surface area contributed by atoms with Gasteiger partial charge in [-0.25, -0.2) is 0 Å². The number of esters is 2. The predicted octanol–water partition coefficient (Wildman–Crippen LogP) is 5.49. The third-order valence-electron chi connectivity index (χ3n) is 4.14. The van der Waals surface area contributed by atoms with Gasteiger partial charge in [0.2, 0.25) is 0 Å². The number of carbonyl (C=O) groups is 2. The highest BCUT2D eigenvalue weighted by Crippen LogP contribution is 2.48. The summed E-state index contributed by atoms with van der Waals surface area (Å²) in [5, 5.41) is -1.41. The zero-order valence-electron chi connectivity index (χ0n) is 20.4. The van der Waals surface area contributed by atoms with Crippen molar-refractivity contribution in [3.8, 4) is 0 Å². The lowest BCUT2D eigenvalue weighted by Gasteiger charge is -2.41. The van der Waals surface area contributed by atoms with Crippen molar-refractivity contribution in [3.05, 3.63) is 35.9 Å². The Labute approximate surface area is 188 Å². The zero-order chi connectivity index (χ0) is 24.1. The second-order valence-corrected chi connectivity index (χ2v) is 11.8. The molecule has 6 nitrogen and oxygen atoms in total. The molecule has 3 unspecified atom stereocenters. The number of carbonyl (C=O) groups excluding carboxylic acids is 2. The SMILES string of the molecule is CC(C)(C)OC(=O)CCC(C(=O)OC(C)(C)C)C(OC(C)(C)C)([PH2]=O)c1ccccc1. The molecule has 0 bridgehead atoms. The quantitative estimate of drug-likeness (QED) is 0.382. The van der Waals surface area contributed by atoms with E-state index < -0.39 is 48.5 Å². The first kappa shape index (κ1) is 27.4. The van der Waals surface area contributed by atoms with E-state index in [0.29, 0.717) is 5.56 Å². The van der Waals surface area contributed by atoms with E-state index in [9.17, 15) is 14.2 Å². The summed E-state index contributed by atoms with van der Waals surface area (Å²) in [6.45, 7) is 16.2. The van der Waals surface area contributed by atoms with E-state index in [-0.39, 0.29) is 12.8 Å². The molecule has 0 aliphatic carbocycles. The minimum Gasteiger partial charge on any atom is -0.460 e. The average molecular weight is 455 g/mol. The van der Waals surface area contributed by atoms with Crippen molar-refractivity contribution in [2.24, 2.45) is 5.92 Å². The first-order valence-corrected chi connectivity index (χ1v) is 11.7. The van der Waals surface area contributed by atoms with Gasteiger partial charge in [0, 0.05) is 6.42 Å². The third kappa shape index (κ3) is 9.16. The van der Waals surface area contributed by atoms with Crippen LogP contribution in [0, 0.1) is 5.92 Å². The van der Waals surface area contributed by atoms with Gasteiger partial charge in [-0.05, 0) is 74.3 Å². The summed E-state index contributed by atoms with van der Waals surface area (Å²) in [7, 11) is -1.60. The minimum atomic E-state index is -1.60. The highest BCUT2D eigenvalue weighted by Gasteiger charge is 2.49. The molecule has 0 N–H and O–H groups in total. The molecule has 1 aromatic carbocycles. The van der Waals surface area contributed by atoms with Crippen LogP contribution in [0.3, 0.4) is 0 Å². The van der Waals surface area contributed by atoms with Crippen LogP contribution in [0.1, 0.15) is 80.7 Å². The summed E-state index contributed by atoms with van der Waals surface area (Å²) < 4.78 is 30.3. The summed E-state index contributed by atoms with van der Waals surface area (Å²) in [5.41, 5.74) is -1.46. The van der Waals surface area contributed by atoms with Gasteiger partial charge >= 0.3 is 11.9 Å². The predicted molar refractivity (Wildman–Crippen MR) is 124 cm³/mol. The monoisotopic (exact) mass is 454 g/mol. The van der Waals surface area contributed by atoms with Crippen LogP contribution in [0.15, 0.2) is 30.3 Å². The van der Waals surface area contributed by atoms with Crippen molar-refractivity contribution >= 4 is 20.4 Å². The normalized spacial score (nSPS) is 16.0. The molecule has 0 radical (unpaired) electrons. The van der Waals surface area contributed by atoms with Crippen LogP contribution < -0.4 is 0 Å². The number of benzene rings is 1. The van der Waals surface area contributed by atoms with Crippen LogP contribution in [0.2, 0.25) is 0 Å². The van der Waals surface area contributed by atoms with E-state index >= 15 is 0 Å². The molecule has 1 rings (SSSR count). The van der Waals surface area contributed by atoms with Gasteiger partial charge in [-0.15, -0.1) is 0 Å². The molecule has 0 spiro atoms. The number of hydrogen-bond donors (Lipinski definition) is 0. The van der Waals surface area contributed by atoms with Crippen LogP contribution in [0.5, 0.6) is 0 Å². The average Bonchev–Trinajstić information content (AvgIpc) is 2.57. The van der Waals surface area contributed by atoms with E-state index in [4.69, 9.17) is 14.2 Å². The van der Waals surface area contributed by atoms with Crippen LogP contribution in [-0.2, 0) is 33.7 Å². The summed E-state index contributed by atoms with van der Waals surface area (Å²) >= 11 is 0. The van der Waals surface area contributed by atoms with Crippen molar-refractivity contribution < 1.29 is 28.4 Å². The first-order valence-electron chi connectivity index (χ1n) is 10.7. The maximum Gasteiger partial charge on any atom is 0.313 e. The Morgan fingerprint density at radius 2 is 1.35 bits per heavy atom. The molecule has 0 saturated carbocycles. The van der Waals surface area contributed by atoms with Crippen molar-refractivity contribution in [2.75, 3.05) is 0 Å². The molecule has 176 valence electrons. The van der Waals surface area contributed by atoms with Crippen LogP contribution in [-0.4, -0.2) is 28.7 Å². The maximum absolute atomic E-state index is 13.3. The van der Waals surface area contributed by atoms with Crippen molar-refractivity contribution in [1.82, 2.24) is 0 Å². The summed E-state index contributed by atoms with van der Waals surface area (Å²) in [4.78, 5) is 25.8. The smallest absolute Gasteiger partial charge is 0.313 e. The van der Waals surface area contributed by atoms with E-state index in [1.807, 2.05) is 39.0 Å². The Hall–Kier alpha value is -1.65. The largest absolute Gasteiger partial charge is 0.460 e. The highest BCUT2D eigenvalue weighted by atomic mass is 31.1. The molecule has 3 atom stereocenters. The number of rotatable bonds is 8. The standard InChI is InChI=1S/C24H39O6P/c1-21(2,3)28-19(25)16-15-18(20(26)29-22(4,5)6)24(31-27,30-23(7,8)9)17-13-11-10-12-14-17/h10-14,18H,15-16,31H2,1-9H3. The molecule has 7 heteroatoms. The molecule has 0 aromatic heterocycles. The molecular weight excluding hydrogens is 415 g/mol. The Morgan fingerprint density at radius 3 is 1.77 bits per heavy atom. The summed E-state index contributed by atoms with van der Waals surface area (Å²) in [6, 6.07) is 9.05. The fourth-order valence-electron chi connectivity index (χ4n) is 3.25. The van der Waals surface area contributed by atoms with Crippen LogP contribution in [0.4, 0.5) is 0 Å². The molecule has 1 aromatic rings. The van der Waals surface area contributed by atoms with Crippen molar-refractivity contribution in [1.29, 1.82) is 0 Å². The van der Waals surface area contributed by atoms with Gasteiger partial charge in [0.1, 0.15) is 19.7 Å². The van der Waals surface area contributed by atoms with E-state index in [1.165, 1.54) is 0 Å². The zero-order valence-corrected chi connectivity index (χ0v) is 21.6. The molecule has 0 saturated heterocycles. The van der Waals surface area contributed by atoms with E-state index in [1.54, 1.807) is 53.7 Å². The van der Waals surface area contributed by atoms with Gasteiger partial charge in [-0.1, -0.05) is 30.3 Å². The summed E-state index contributed by atoms with van der Waals surface area (Å²) in [6.07, 6.45) is 0.0622. The van der Waals surface area contributed by atoms with Crippen LogP contribution >= 0.6 is 8.46 Å². The van der Waals surface area contributed by atoms with E-state index in [0.717, 1.165) is 0 Å². The van der Waals surface area contributed by atoms with Crippen LogP contribution in [0.25, 0.3) is 0 Å². The van der Waals surface area contributed by atoms with Gasteiger partial charge in [-0.3, -0.25) is 9.59 Å². The van der Waals surface area contributed by atoms with Crippen molar-refractivity contribution in [2.45, 2.75) is 97.3 Å². The molecule has 0 aliphatic heterocycles. The Kier molecular flexibility index (Phi) is 9.11. The topological polar surface area (TPSA) is 78.9 Å². The third-order valence-corrected chi connectivity index (χ3v) is 5.34. The Bertz CT molecular complexity index is 755. The van der Waals surface area contributed by atoms with Gasteiger partial charge in [0.05, 0.1) is 11.5 Å². The molecular formula is C24H39O6P. The lowest BCUT2D eigenvalue weighted by atomic mass is 9.89. The Morgan fingerprint density at radius 1 is 0.839 bits per heavy atom. The van der Waals surface area contributed by atoms with E-state index in [2.05, 4.69) is 0 Å². The van der Waals surface area contributed by atoms with Crippen molar-refractivity contribution in [3.63, 3.8) is 0 Å². The van der Waals surface area contributed by atoms with Gasteiger partial charge in [-0.2, -0.15) is 0 Å². The molecule has 0 aliphatic rings. The first-order chi connectivity index (χ1) is 14.0. The minimum absolute atomic E-state index is 0.0251. The molecule has 0 fully saturated rings. The molecule has 0 heterocycles. The fraction of sp³-hybridized carbons (Fsp3) is 0.667. The molecule has 31 heavy (non-hydrogen) atoms. The van der Waals surface area contributed by atoms with Gasteiger partial charge in [0.15, 0.2) is 5.34 Å². The molecule has 0 amide bonds. The van der Waals surface area contributed by atoms with Gasteiger partial charge < -0.3 is 18.8 Å². The summed E-state index contributed by atoms with van der Waals surface area (Å²) in [5.74, 6) is -1.93. The second-order valence-electron chi connectivity index (χ2n) is 10.7. The highest BCUT2D eigenvalue weighted by molar-refractivity contribution is 7.25. The second kappa shape index (κ2) is 10.3. The number of ether oxygens (including phenoxy) is 3. The number of hydrogen-bond acceptors (Lipinski definition) is 6. The lowest BCUT2D eigenvalue weighted by Crippen LogP contribution is -2.45. The Balaban J connectivity index is 3.47. The maximum atomic E-state index is 13.3.